The van der Waals surface area contributed by atoms with Crippen LogP contribution in [-0.2, 0) is 11.3 Å². The number of hydrogen-bond donors (Lipinski definition) is 2. The second-order valence-corrected chi connectivity index (χ2v) is 4.32. The van der Waals surface area contributed by atoms with Crippen LogP contribution in [0.15, 0.2) is 11.7 Å². The maximum Gasteiger partial charge on any atom is 0.415 e. The number of amides is 1. The minimum Gasteiger partial charge on any atom is -0.349 e. The molecule has 1 unspecified atom stereocenters. The van der Waals surface area contributed by atoms with Crippen LogP contribution >= 0.6 is 11.3 Å². The van der Waals surface area contributed by atoms with Crippen molar-refractivity contribution >= 4 is 17.2 Å². The summed E-state index contributed by atoms with van der Waals surface area (Å²) >= 11 is 1.24. The number of aromatic nitrogens is 1. The van der Waals surface area contributed by atoms with E-state index in [1.54, 1.807) is 0 Å². The topological polar surface area (TPSA) is 68.0 Å². The van der Waals surface area contributed by atoms with Crippen molar-refractivity contribution in [2.75, 3.05) is 0 Å². The minimum absolute atomic E-state index is 0.00757. The summed E-state index contributed by atoms with van der Waals surface area (Å²) in [5.74, 6) is -1.26. The predicted molar refractivity (Wildman–Crippen MR) is 52.6 cm³/mol. The van der Waals surface area contributed by atoms with E-state index in [2.05, 4.69) is 10.3 Å². The number of rotatable bonds is 3. The third-order valence-corrected chi connectivity index (χ3v) is 2.75. The standard InChI is InChI=1S/C8H10F3N3OS/c1-7(12,8(9,10)11)6(15)14-3-5-2-13-4-16-5/h2,4H,3,12H2,1H3,(H,14,15). The molecular weight excluding hydrogens is 243 g/mol. The fourth-order valence-corrected chi connectivity index (χ4v) is 1.34. The molecular formula is C8H10F3N3OS. The maximum atomic E-state index is 12.4. The zero-order chi connectivity index (χ0) is 12.4. The lowest BCUT2D eigenvalue weighted by Gasteiger charge is -2.25. The lowest BCUT2D eigenvalue weighted by molar-refractivity contribution is -0.187. The fourth-order valence-electron chi connectivity index (χ4n) is 0.809. The molecule has 16 heavy (non-hydrogen) atoms. The van der Waals surface area contributed by atoms with Crippen molar-refractivity contribution in [2.45, 2.75) is 25.2 Å². The number of alkyl halides is 3. The summed E-state index contributed by atoms with van der Waals surface area (Å²) in [7, 11) is 0. The number of hydrogen-bond acceptors (Lipinski definition) is 4. The first kappa shape index (κ1) is 12.9. The van der Waals surface area contributed by atoms with Gasteiger partial charge in [-0.2, -0.15) is 13.2 Å². The number of nitrogens with two attached hydrogens (primary N) is 1. The monoisotopic (exact) mass is 253 g/mol. The molecule has 0 aliphatic rings. The summed E-state index contributed by atoms with van der Waals surface area (Å²) in [6.07, 6.45) is -3.31. The molecule has 0 bridgehead atoms. The molecule has 0 radical (unpaired) electrons. The van der Waals surface area contributed by atoms with Crippen molar-refractivity contribution < 1.29 is 18.0 Å². The molecule has 0 aromatic carbocycles. The van der Waals surface area contributed by atoms with Crippen molar-refractivity contribution in [3.05, 3.63) is 16.6 Å². The van der Waals surface area contributed by atoms with Crippen molar-refractivity contribution in [2.24, 2.45) is 5.73 Å². The first-order valence-corrected chi connectivity index (χ1v) is 5.14. The summed E-state index contributed by atoms with van der Waals surface area (Å²) in [5.41, 5.74) is 3.57. The Kier molecular flexibility index (Phi) is 3.54. The molecule has 1 aromatic rings. The minimum atomic E-state index is -4.77. The van der Waals surface area contributed by atoms with Gasteiger partial charge in [0.15, 0.2) is 5.54 Å². The van der Waals surface area contributed by atoms with Crippen LogP contribution in [0.5, 0.6) is 0 Å². The van der Waals surface area contributed by atoms with E-state index in [1.165, 1.54) is 23.0 Å². The van der Waals surface area contributed by atoms with Crippen LogP contribution in [0.4, 0.5) is 13.2 Å². The molecule has 4 nitrogen and oxygen atoms in total. The quantitative estimate of drug-likeness (QED) is 0.845. The van der Waals surface area contributed by atoms with Gasteiger partial charge in [-0.3, -0.25) is 9.78 Å². The van der Waals surface area contributed by atoms with Crippen molar-refractivity contribution in [1.82, 2.24) is 10.3 Å². The third-order valence-electron chi connectivity index (χ3n) is 1.97. The molecule has 3 N–H and O–H groups in total. The lowest BCUT2D eigenvalue weighted by Crippen LogP contribution is -2.61. The van der Waals surface area contributed by atoms with E-state index in [0.29, 0.717) is 11.8 Å². The van der Waals surface area contributed by atoms with Gasteiger partial charge < -0.3 is 11.1 Å². The number of thiazole rings is 1. The van der Waals surface area contributed by atoms with Crippen LogP contribution < -0.4 is 11.1 Å². The predicted octanol–water partition coefficient (Wildman–Crippen LogP) is 1.04. The highest BCUT2D eigenvalue weighted by molar-refractivity contribution is 7.09. The van der Waals surface area contributed by atoms with Gasteiger partial charge in [0.05, 0.1) is 12.1 Å². The second-order valence-electron chi connectivity index (χ2n) is 3.35. The second kappa shape index (κ2) is 4.38. The van der Waals surface area contributed by atoms with E-state index in [1.807, 2.05) is 0 Å². The molecule has 1 aromatic heterocycles. The Morgan fingerprint density at radius 2 is 2.25 bits per heavy atom. The van der Waals surface area contributed by atoms with Gasteiger partial charge in [-0.25, -0.2) is 0 Å². The average Bonchev–Trinajstić information content (AvgIpc) is 2.64. The Balaban J connectivity index is 2.59. The molecule has 0 spiro atoms. The zero-order valence-corrected chi connectivity index (χ0v) is 9.15. The first-order valence-electron chi connectivity index (χ1n) is 4.26. The van der Waals surface area contributed by atoms with E-state index in [4.69, 9.17) is 5.73 Å². The van der Waals surface area contributed by atoms with Gasteiger partial charge in [0, 0.05) is 11.1 Å². The van der Waals surface area contributed by atoms with Gasteiger partial charge in [-0.1, -0.05) is 0 Å². The Bertz CT molecular complexity index is 361. The first-order chi connectivity index (χ1) is 7.25. The molecule has 90 valence electrons. The highest BCUT2D eigenvalue weighted by Crippen LogP contribution is 2.27. The molecule has 1 atom stereocenters. The summed E-state index contributed by atoms with van der Waals surface area (Å²) in [4.78, 5) is 15.6. The van der Waals surface area contributed by atoms with Gasteiger partial charge in [0.1, 0.15) is 0 Å². The SMILES string of the molecule is CC(N)(C(=O)NCc1cncs1)C(F)(F)F. The summed E-state index contributed by atoms with van der Waals surface area (Å²) in [6.45, 7) is 0.626. The summed E-state index contributed by atoms with van der Waals surface area (Å²) in [5, 5.41) is 2.12. The van der Waals surface area contributed by atoms with E-state index in [0.717, 1.165) is 0 Å². The number of carbonyl (C=O) groups excluding carboxylic acids is 1. The van der Waals surface area contributed by atoms with Gasteiger partial charge >= 0.3 is 6.18 Å². The molecule has 1 amide bonds. The molecule has 1 rings (SSSR count). The van der Waals surface area contributed by atoms with E-state index >= 15 is 0 Å². The number of nitrogens with one attached hydrogen (secondary N) is 1. The van der Waals surface area contributed by atoms with E-state index in [-0.39, 0.29) is 6.54 Å². The van der Waals surface area contributed by atoms with Crippen molar-refractivity contribution in [3.8, 4) is 0 Å². The summed E-state index contributed by atoms with van der Waals surface area (Å²) < 4.78 is 37.1. The molecule has 0 saturated carbocycles. The maximum absolute atomic E-state index is 12.4. The molecule has 0 aliphatic heterocycles. The molecule has 8 heteroatoms. The number of halogens is 3. The van der Waals surface area contributed by atoms with Crippen molar-refractivity contribution in [3.63, 3.8) is 0 Å². The van der Waals surface area contributed by atoms with Gasteiger partial charge in [-0.15, -0.1) is 11.3 Å². The van der Waals surface area contributed by atoms with Crippen LogP contribution in [0, 0.1) is 0 Å². The molecule has 0 aliphatic carbocycles. The average molecular weight is 253 g/mol. The highest BCUT2D eigenvalue weighted by atomic mass is 32.1. The zero-order valence-electron chi connectivity index (χ0n) is 8.34. The van der Waals surface area contributed by atoms with Gasteiger partial charge in [0.25, 0.3) is 0 Å². The Morgan fingerprint density at radius 3 is 2.69 bits per heavy atom. The number of carbonyl (C=O) groups is 1. The van der Waals surface area contributed by atoms with E-state index in [9.17, 15) is 18.0 Å². The molecule has 0 saturated heterocycles. The smallest absolute Gasteiger partial charge is 0.349 e. The Hall–Kier alpha value is -1.15. The third kappa shape index (κ3) is 2.70. The van der Waals surface area contributed by atoms with Crippen LogP contribution in [0.2, 0.25) is 0 Å². The Labute approximate surface area is 93.7 Å². The fraction of sp³-hybridized carbons (Fsp3) is 0.500. The summed E-state index contributed by atoms with van der Waals surface area (Å²) in [6, 6.07) is 0. The molecule has 1 heterocycles. The Morgan fingerprint density at radius 1 is 1.62 bits per heavy atom. The normalized spacial score (nSPS) is 15.6. The van der Waals surface area contributed by atoms with Crippen LogP contribution in [-0.4, -0.2) is 22.6 Å². The van der Waals surface area contributed by atoms with Crippen molar-refractivity contribution in [1.29, 1.82) is 0 Å². The van der Waals surface area contributed by atoms with Crippen LogP contribution in [0.1, 0.15) is 11.8 Å². The van der Waals surface area contributed by atoms with Crippen LogP contribution in [0.3, 0.4) is 0 Å². The molecule has 0 fully saturated rings. The lowest BCUT2D eigenvalue weighted by atomic mass is 10.0. The van der Waals surface area contributed by atoms with Crippen LogP contribution in [0.25, 0.3) is 0 Å². The van der Waals surface area contributed by atoms with Gasteiger partial charge in [-0.05, 0) is 6.92 Å². The number of nitrogens with zero attached hydrogens (tertiary/aromatic N) is 1. The highest BCUT2D eigenvalue weighted by Gasteiger charge is 2.53. The largest absolute Gasteiger partial charge is 0.415 e. The van der Waals surface area contributed by atoms with E-state index < -0.39 is 17.6 Å². The van der Waals surface area contributed by atoms with Gasteiger partial charge in [0.2, 0.25) is 5.91 Å².